The van der Waals surface area contributed by atoms with Crippen LogP contribution in [0.5, 0.6) is 0 Å². The second-order valence-electron chi connectivity index (χ2n) is 2.73. The van der Waals surface area contributed by atoms with Crippen LogP contribution in [0.1, 0.15) is 6.92 Å². The van der Waals surface area contributed by atoms with Crippen LogP contribution < -0.4 is 0 Å². The smallest absolute Gasteiger partial charge is 0.248 e. The van der Waals surface area contributed by atoms with Crippen molar-refractivity contribution < 1.29 is 19.4 Å². The topological polar surface area (TPSA) is 59.0 Å². The number of carbonyl (C=O) groups excluding carboxylic acids is 1. The van der Waals surface area contributed by atoms with Gasteiger partial charge in [0.1, 0.15) is 6.61 Å². The second-order valence-corrected chi connectivity index (χ2v) is 2.73. The molecule has 5 heteroatoms. The Bertz CT molecular complexity index is 152. The molecule has 0 unspecified atom stereocenters. The molecule has 1 amide bonds. The van der Waals surface area contributed by atoms with Crippen molar-refractivity contribution in [2.75, 3.05) is 46.6 Å². The van der Waals surface area contributed by atoms with Gasteiger partial charge in [-0.15, -0.1) is 0 Å². The van der Waals surface area contributed by atoms with Crippen molar-refractivity contribution in [3.63, 3.8) is 0 Å². The maximum absolute atomic E-state index is 11.4. The first-order valence-electron chi connectivity index (χ1n) is 4.71. The number of nitrogens with zero attached hydrogens (tertiary/aromatic N) is 1. The standard InChI is InChI=1S/C9H19NO4/c1-3-14-8-9(12)10(4-6-11)5-7-13-2/h11H,3-8H2,1-2H3. The minimum absolute atomic E-state index is 0.0401. The number of aliphatic hydroxyl groups is 1. The highest BCUT2D eigenvalue weighted by atomic mass is 16.5. The van der Waals surface area contributed by atoms with E-state index in [1.807, 2.05) is 6.92 Å². The first-order valence-corrected chi connectivity index (χ1v) is 4.71. The van der Waals surface area contributed by atoms with Crippen LogP contribution in [-0.4, -0.2) is 62.5 Å². The van der Waals surface area contributed by atoms with E-state index in [4.69, 9.17) is 14.6 Å². The molecular weight excluding hydrogens is 186 g/mol. The van der Waals surface area contributed by atoms with E-state index in [9.17, 15) is 4.79 Å². The van der Waals surface area contributed by atoms with Gasteiger partial charge in [0.05, 0.1) is 13.2 Å². The molecule has 0 aromatic heterocycles. The fourth-order valence-corrected chi connectivity index (χ4v) is 0.964. The Morgan fingerprint density at radius 1 is 1.43 bits per heavy atom. The summed E-state index contributed by atoms with van der Waals surface area (Å²) in [4.78, 5) is 13.0. The fourth-order valence-electron chi connectivity index (χ4n) is 0.964. The molecule has 0 saturated carbocycles. The van der Waals surface area contributed by atoms with Gasteiger partial charge >= 0.3 is 0 Å². The number of methoxy groups -OCH3 is 1. The SMILES string of the molecule is CCOCC(=O)N(CCO)CCOC. The summed E-state index contributed by atoms with van der Waals surface area (Å²) in [6, 6.07) is 0. The number of rotatable bonds is 8. The Labute approximate surface area is 84.6 Å². The zero-order valence-electron chi connectivity index (χ0n) is 8.86. The molecule has 0 heterocycles. The first kappa shape index (κ1) is 13.4. The summed E-state index contributed by atoms with van der Waals surface area (Å²) in [6.07, 6.45) is 0. The molecule has 0 aromatic rings. The zero-order chi connectivity index (χ0) is 10.8. The summed E-state index contributed by atoms with van der Waals surface area (Å²) in [5.41, 5.74) is 0. The summed E-state index contributed by atoms with van der Waals surface area (Å²) >= 11 is 0. The number of carbonyl (C=O) groups is 1. The van der Waals surface area contributed by atoms with E-state index in [2.05, 4.69) is 0 Å². The lowest BCUT2D eigenvalue weighted by atomic mass is 10.4. The zero-order valence-corrected chi connectivity index (χ0v) is 8.86. The van der Waals surface area contributed by atoms with Crippen LogP contribution in [0, 0.1) is 0 Å². The quantitative estimate of drug-likeness (QED) is 0.580. The van der Waals surface area contributed by atoms with Crippen molar-refractivity contribution >= 4 is 5.91 Å². The fraction of sp³-hybridized carbons (Fsp3) is 0.889. The van der Waals surface area contributed by atoms with E-state index >= 15 is 0 Å². The van der Waals surface area contributed by atoms with Gasteiger partial charge in [-0.3, -0.25) is 4.79 Å². The Kier molecular flexibility index (Phi) is 8.51. The molecule has 0 aromatic carbocycles. The molecule has 0 radical (unpaired) electrons. The Morgan fingerprint density at radius 2 is 2.14 bits per heavy atom. The number of hydrogen-bond donors (Lipinski definition) is 1. The third kappa shape index (κ3) is 5.90. The normalized spacial score (nSPS) is 10.2. The lowest BCUT2D eigenvalue weighted by Gasteiger charge is -2.20. The van der Waals surface area contributed by atoms with E-state index in [1.54, 1.807) is 7.11 Å². The van der Waals surface area contributed by atoms with Crippen LogP contribution in [-0.2, 0) is 14.3 Å². The van der Waals surface area contributed by atoms with Crippen molar-refractivity contribution in [1.82, 2.24) is 4.90 Å². The molecule has 0 aliphatic carbocycles. The Hall–Kier alpha value is -0.650. The summed E-state index contributed by atoms with van der Waals surface area (Å²) in [5.74, 6) is -0.113. The van der Waals surface area contributed by atoms with Gasteiger partial charge in [0.15, 0.2) is 0 Å². The first-order chi connectivity index (χ1) is 6.76. The van der Waals surface area contributed by atoms with Crippen LogP contribution in [0.25, 0.3) is 0 Å². The third-order valence-electron chi connectivity index (χ3n) is 1.72. The van der Waals surface area contributed by atoms with Gasteiger partial charge in [0.2, 0.25) is 5.91 Å². The molecule has 0 atom stereocenters. The van der Waals surface area contributed by atoms with Crippen molar-refractivity contribution in [2.45, 2.75) is 6.92 Å². The Morgan fingerprint density at radius 3 is 2.64 bits per heavy atom. The summed E-state index contributed by atoms with van der Waals surface area (Å²) in [6.45, 7) is 3.67. The van der Waals surface area contributed by atoms with Gasteiger partial charge in [0, 0.05) is 26.8 Å². The van der Waals surface area contributed by atoms with Crippen molar-refractivity contribution in [3.05, 3.63) is 0 Å². The minimum Gasteiger partial charge on any atom is -0.395 e. The van der Waals surface area contributed by atoms with Gasteiger partial charge in [-0.1, -0.05) is 0 Å². The average Bonchev–Trinajstić information content (AvgIpc) is 2.20. The van der Waals surface area contributed by atoms with Crippen molar-refractivity contribution in [2.24, 2.45) is 0 Å². The molecule has 14 heavy (non-hydrogen) atoms. The van der Waals surface area contributed by atoms with Crippen LogP contribution in [0.15, 0.2) is 0 Å². The van der Waals surface area contributed by atoms with E-state index in [0.29, 0.717) is 26.3 Å². The van der Waals surface area contributed by atoms with Crippen LogP contribution in [0.4, 0.5) is 0 Å². The van der Waals surface area contributed by atoms with E-state index < -0.39 is 0 Å². The minimum atomic E-state index is -0.113. The molecule has 0 saturated heterocycles. The van der Waals surface area contributed by atoms with Crippen molar-refractivity contribution in [3.8, 4) is 0 Å². The molecule has 0 rings (SSSR count). The van der Waals surface area contributed by atoms with Gasteiger partial charge in [-0.2, -0.15) is 0 Å². The molecule has 5 nitrogen and oxygen atoms in total. The number of aliphatic hydroxyl groups excluding tert-OH is 1. The molecule has 0 fully saturated rings. The molecule has 1 N–H and O–H groups in total. The molecule has 0 bridgehead atoms. The van der Waals surface area contributed by atoms with Crippen LogP contribution >= 0.6 is 0 Å². The highest BCUT2D eigenvalue weighted by Crippen LogP contribution is 1.91. The number of amides is 1. The second kappa shape index (κ2) is 8.93. The maximum Gasteiger partial charge on any atom is 0.248 e. The van der Waals surface area contributed by atoms with Gasteiger partial charge in [0.25, 0.3) is 0 Å². The number of hydrogen-bond acceptors (Lipinski definition) is 4. The lowest BCUT2D eigenvalue weighted by Crippen LogP contribution is -2.38. The summed E-state index contributed by atoms with van der Waals surface area (Å²) in [5, 5.41) is 8.73. The molecule has 0 aliphatic rings. The Balaban J connectivity index is 3.84. The molecule has 0 spiro atoms. The van der Waals surface area contributed by atoms with Crippen LogP contribution in [0.3, 0.4) is 0 Å². The van der Waals surface area contributed by atoms with Crippen LogP contribution in [0.2, 0.25) is 0 Å². The lowest BCUT2D eigenvalue weighted by molar-refractivity contribution is -0.137. The highest BCUT2D eigenvalue weighted by Gasteiger charge is 2.11. The molecular formula is C9H19NO4. The predicted octanol–water partition coefficient (Wildman–Crippen LogP) is -0.510. The largest absolute Gasteiger partial charge is 0.395 e. The number of ether oxygens (including phenoxy) is 2. The van der Waals surface area contributed by atoms with E-state index in [-0.39, 0.29) is 19.1 Å². The van der Waals surface area contributed by atoms with E-state index in [1.165, 1.54) is 4.90 Å². The van der Waals surface area contributed by atoms with Gasteiger partial charge < -0.3 is 19.5 Å². The highest BCUT2D eigenvalue weighted by molar-refractivity contribution is 5.77. The predicted molar refractivity (Wildman–Crippen MR) is 52.0 cm³/mol. The van der Waals surface area contributed by atoms with Gasteiger partial charge in [-0.25, -0.2) is 0 Å². The maximum atomic E-state index is 11.4. The van der Waals surface area contributed by atoms with E-state index in [0.717, 1.165) is 0 Å². The molecule has 84 valence electrons. The molecule has 0 aliphatic heterocycles. The average molecular weight is 205 g/mol. The summed E-state index contributed by atoms with van der Waals surface area (Å²) in [7, 11) is 1.57. The summed E-state index contributed by atoms with van der Waals surface area (Å²) < 4.78 is 9.85. The van der Waals surface area contributed by atoms with Gasteiger partial charge in [-0.05, 0) is 6.92 Å². The third-order valence-corrected chi connectivity index (χ3v) is 1.72. The van der Waals surface area contributed by atoms with Crippen molar-refractivity contribution in [1.29, 1.82) is 0 Å². The monoisotopic (exact) mass is 205 g/mol.